The third kappa shape index (κ3) is 2.07. The monoisotopic (exact) mass is 268 g/mol. The van der Waals surface area contributed by atoms with E-state index in [4.69, 9.17) is 22.1 Å². The maximum absolute atomic E-state index is 12.0. The zero-order chi connectivity index (χ0) is 13.3. The van der Waals surface area contributed by atoms with Gasteiger partial charge in [-0.05, 0) is 24.6 Å². The molecule has 1 aromatic carbocycles. The first kappa shape index (κ1) is 12.9. The fraction of sp³-hybridized carbons (Fsp3) is 0.333. The fourth-order valence-corrected chi connectivity index (χ4v) is 1.94. The Kier molecular flexibility index (Phi) is 3.54. The number of amides is 2. The Morgan fingerprint density at radius 2 is 2.28 bits per heavy atom. The number of anilines is 1. The highest BCUT2D eigenvalue weighted by atomic mass is 35.5. The topological polar surface area (TPSA) is 72.6 Å². The van der Waals surface area contributed by atoms with Crippen LogP contribution in [0.2, 0.25) is 0 Å². The van der Waals surface area contributed by atoms with Crippen molar-refractivity contribution in [3.8, 4) is 5.75 Å². The number of hydrogen-bond acceptors (Lipinski definition) is 4. The van der Waals surface area contributed by atoms with Gasteiger partial charge >= 0.3 is 0 Å². The summed E-state index contributed by atoms with van der Waals surface area (Å²) in [4.78, 5) is 24.8. The molecule has 1 unspecified atom stereocenters. The summed E-state index contributed by atoms with van der Waals surface area (Å²) in [5.41, 5.74) is 6.76. The molecule has 1 aromatic rings. The van der Waals surface area contributed by atoms with E-state index in [1.807, 2.05) is 0 Å². The van der Waals surface area contributed by atoms with Crippen molar-refractivity contribution in [1.29, 1.82) is 0 Å². The second-order valence-corrected chi connectivity index (χ2v) is 4.23. The van der Waals surface area contributed by atoms with Crippen molar-refractivity contribution in [3.05, 3.63) is 23.8 Å². The number of carbonyl (C=O) groups excluding carboxylic acids is 2. The Morgan fingerprint density at radius 1 is 1.56 bits per heavy atom. The van der Waals surface area contributed by atoms with Crippen molar-refractivity contribution in [1.82, 2.24) is 0 Å². The summed E-state index contributed by atoms with van der Waals surface area (Å²) in [7, 11) is 0. The molecule has 0 saturated carbocycles. The van der Waals surface area contributed by atoms with Crippen molar-refractivity contribution in [3.63, 3.8) is 0 Å². The molecule has 96 valence electrons. The highest BCUT2D eigenvalue weighted by molar-refractivity contribution is 6.33. The van der Waals surface area contributed by atoms with Gasteiger partial charge in [-0.2, -0.15) is 0 Å². The molecular weight excluding hydrogens is 256 g/mol. The Hall–Kier alpha value is -1.59. The number of rotatable bonds is 2. The molecule has 18 heavy (non-hydrogen) atoms. The Labute approximate surface area is 109 Å². The van der Waals surface area contributed by atoms with Gasteiger partial charge < -0.3 is 10.5 Å². The minimum atomic E-state index is -0.701. The van der Waals surface area contributed by atoms with Gasteiger partial charge in [0.2, 0.25) is 5.91 Å². The lowest BCUT2D eigenvalue weighted by molar-refractivity contribution is -0.130. The lowest BCUT2D eigenvalue weighted by atomic mass is 10.1. The molecule has 1 atom stereocenters. The van der Waals surface area contributed by atoms with Gasteiger partial charge in [-0.1, -0.05) is 6.07 Å². The molecule has 0 saturated heterocycles. The molecule has 1 aliphatic heterocycles. The molecular formula is C12H13ClN2O3. The normalized spacial score (nSPS) is 18.3. The fourth-order valence-electron chi connectivity index (χ4n) is 1.82. The number of halogens is 1. The molecule has 2 amide bonds. The minimum Gasteiger partial charge on any atom is -0.479 e. The molecule has 5 nitrogen and oxygen atoms in total. The SMILES string of the molecule is CC1Oc2ccc(CN)cc2N(C(=O)CCl)C1=O. The summed E-state index contributed by atoms with van der Waals surface area (Å²) in [5.74, 6) is -0.655. The summed E-state index contributed by atoms with van der Waals surface area (Å²) in [5, 5.41) is 0. The molecule has 1 aliphatic rings. The van der Waals surface area contributed by atoms with E-state index in [1.165, 1.54) is 0 Å². The molecule has 0 fully saturated rings. The molecule has 1 heterocycles. The van der Waals surface area contributed by atoms with Crippen molar-refractivity contribution >= 4 is 29.1 Å². The number of benzene rings is 1. The Morgan fingerprint density at radius 3 is 2.89 bits per heavy atom. The van der Waals surface area contributed by atoms with Gasteiger partial charge in [0.1, 0.15) is 11.6 Å². The van der Waals surface area contributed by atoms with Gasteiger partial charge in [-0.25, -0.2) is 4.90 Å². The summed E-state index contributed by atoms with van der Waals surface area (Å²) in [6, 6.07) is 5.17. The average Bonchev–Trinajstić information content (AvgIpc) is 2.39. The Bertz CT molecular complexity index is 504. The van der Waals surface area contributed by atoms with Crippen LogP contribution in [0.3, 0.4) is 0 Å². The smallest absolute Gasteiger partial charge is 0.274 e. The van der Waals surface area contributed by atoms with Gasteiger partial charge in [0.15, 0.2) is 6.10 Å². The predicted molar refractivity (Wildman–Crippen MR) is 67.6 cm³/mol. The quantitative estimate of drug-likeness (QED) is 0.813. The van der Waals surface area contributed by atoms with E-state index >= 15 is 0 Å². The number of alkyl halides is 1. The van der Waals surface area contributed by atoms with Crippen LogP contribution in [0.25, 0.3) is 0 Å². The zero-order valence-electron chi connectivity index (χ0n) is 9.85. The maximum Gasteiger partial charge on any atom is 0.274 e. The predicted octanol–water partition coefficient (Wildman–Crippen LogP) is 1.02. The third-order valence-corrected chi connectivity index (χ3v) is 2.96. The summed E-state index contributed by atoms with van der Waals surface area (Å²) in [6.07, 6.45) is -0.701. The summed E-state index contributed by atoms with van der Waals surface area (Å²) >= 11 is 5.53. The van der Waals surface area contributed by atoms with E-state index in [1.54, 1.807) is 25.1 Å². The van der Waals surface area contributed by atoms with Crippen LogP contribution in [0.15, 0.2) is 18.2 Å². The molecule has 2 rings (SSSR count). The Balaban J connectivity index is 2.53. The van der Waals surface area contributed by atoms with E-state index in [0.717, 1.165) is 10.5 Å². The second-order valence-electron chi connectivity index (χ2n) is 3.97. The maximum atomic E-state index is 12.0. The summed E-state index contributed by atoms with van der Waals surface area (Å²) < 4.78 is 5.44. The number of carbonyl (C=O) groups is 2. The first-order chi connectivity index (χ1) is 8.58. The molecule has 0 radical (unpaired) electrons. The molecule has 0 spiro atoms. The van der Waals surface area contributed by atoms with Crippen LogP contribution >= 0.6 is 11.6 Å². The molecule has 2 N–H and O–H groups in total. The first-order valence-electron chi connectivity index (χ1n) is 5.51. The van der Waals surface area contributed by atoms with E-state index in [2.05, 4.69) is 0 Å². The van der Waals surface area contributed by atoms with E-state index in [-0.39, 0.29) is 5.88 Å². The van der Waals surface area contributed by atoms with Gasteiger partial charge in [0.25, 0.3) is 5.91 Å². The molecule has 6 heteroatoms. The molecule has 0 aliphatic carbocycles. The van der Waals surface area contributed by atoms with Crippen molar-refractivity contribution in [2.24, 2.45) is 5.73 Å². The number of hydrogen-bond donors (Lipinski definition) is 1. The molecule has 0 aromatic heterocycles. The average molecular weight is 269 g/mol. The van der Waals surface area contributed by atoms with Crippen molar-refractivity contribution < 1.29 is 14.3 Å². The lowest BCUT2D eigenvalue weighted by Crippen LogP contribution is -2.48. The van der Waals surface area contributed by atoms with Crippen LogP contribution in [0.4, 0.5) is 5.69 Å². The number of imide groups is 1. The van der Waals surface area contributed by atoms with E-state index in [0.29, 0.717) is 18.0 Å². The number of fused-ring (bicyclic) bond motifs is 1. The van der Waals surface area contributed by atoms with E-state index in [9.17, 15) is 9.59 Å². The highest BCUT2D eigenvalue weighted by Gasteiger charge is 2.35. The van der Waals surface area contributed by atoms with Gasteiger partial charge in [-0.3, -0.25) is 9.59 Å². The standard InChI is InChI=1S/C12H13ClN2O3/c1-7-12(17)15(11(16)5-13)9-4-8(6-14)2-3-10(9)18-7/h2-4,7H,5-6,14H2,1H3. The highest BCUT2D eigenvalue weighted by Crippen LogP contribution is 2.35. The van der Waals surface area contributed by atoms with Crippen LogP contribution in [-0.4, -0.2) is 23.8 Å². The van der Waals surface area contributed by atoms with E-state index < -0.39 is 17.9 Å². The van der Waals surface area contributed by atoms with Crippen LogP contribution in [0, 0.1) is 0 Å². The third-order valence-electron chi connectivity index (χ3n) is 2.74. The number of nitrogens with zero attached hydrogens (tertiary/aromatic N) is 1. The van der Waals surface area contributed by atoms with Crippen LogP contribution < -0.4 is 15.4 Å². The summed E-state index contributed by atoms with van der Waals surface area (Å²) in [6.45, 7) is 1.91. The largest absolute Gasteiger partial charge is 0.479 e. The van der Waals surface area contributed by atoms with Crippen LogP contribution in [0.1, 0.15) is 12.5 Å². The zero-order valence-corrected chi connectivity index (χ0v) is 10.6. The van der Waals surface area contributed by atoms with Crippen LogP contribution in [0.5, 0.6) is 5.75 Å². The molecule has 0 bridgehead atoms. The number of nitrogens with two attached hydrogens (primary N) is 1. The van der Waals surface area contributed by atoms with Gasteiger partial charge in [0, 0.05) is 6.54 Å². The first-order valence-corrected chi connectivity index (χ1v) is 6.04. The number of ether oxygens (including phenoxy) is 1. The van der Waals surface area contributed by atoms with Crippen molar-refractivity contribution in [2.45, 2.75) is 19.6 Å². The second kappa shape index (κ2) is 4.96. The van der Waals surface area contributed by atoms with Crippen LogP contribution in [-0.2, 0) is 16.1 Å². The lowest BCUT2D eigenvalue weighted by Gasteiger charge is -2.31. The minimum absolute atomic E-state index is 0.259. The van der Waals surface area contributed by atoms with Gasteiger partial charge in [0.05, 0.1) is 5.69 Å². The van der Waals surface area contributed by atoms with Gasteiger partial charge in [-0.15, -0.1) is 11.6 Å². The van der Waals surface area contributed by atoms with Crippen molar-refractivity contribution in [2.75, 3.05) is 10.8 Å².